The number of phenols is 1. The van der Waals surface area contributed by atoms with Gasteiger partial charge < -0.3 is 29.9 Å². The average Bonchev–Trinajstić information content (AvgIpc) is 3.16. The van der Waals surface area contributed by atoms with E-state index in [0.29, 0.717) is 39.0 Å². The molecule has 0 atom stereocenters. The molecule has 274 valence electrons. The summed E-state index contributed by atoms with van der Waals surface area (Å²) >= 11 is 0. The van der Waals surface area contributed by atoms with Crippen LogP contribution in [-0.2, 0) is 20.9 Å². The van der Waals surface area contributed by atoms with Gasteiger partial charge in [0, 0.05) is 64.2 Å². The number of anilines is 1. The Labute approximate surface area is 303 Å². The van der Waals surface area contributed by atoms with E-state index in [1.54, 1.807) is 12.1 Å². The minimum atomic E-state index is -0.444. The number of hydrogen-bond donors (Lipinski definition) is 3. The fraction of sp³-hybridized carbons (Fsp3) is 0.488. The Morgan fingerprint density at radius 3 is 2.22 bits per heavy atom. The van der Waals surface area contributed by atoms with Crippen LogP contribution < -0.4 is 10.6 Å². The SMILES string of the molecule is O=C(CCN1CCC(OC(=O)Nc2ccccc2-c2ccccc2)CC1)NCCCCCN(Cc1ccc(O)cc1)C(=O)CCN1CCCCC1. The van der Waals surface area contributed by atoms with Crippen LogP contribution in [0.4, 0.5) is 10.5 Å². The number of piperidine rings is 2. The van der Waals surface area contributed by atoms with Gasteiger partial charge in [-0.05, 0) is 87.4 Å². The third-order valence-corrected chi connectivity index (χ3v) is 9.89. The molecule has 3 aromatic carbocycles. The molecule has 2 fully saturated rings. The lowest BCUT2D eigenvalue weighted by molar-refractivity contribution is -0.132. The summed E-state index contributed by atoms with van der Waals surface area (Å²) in [7, 11) is 0. The van der Waals surface area contributed by atoms with Gasteiger partial charge in [-0.15, -0.1) is 0 Å². The monoisotopic (exact) mass is 697 g/mol. The van der Waals surface area contributed by atoms with Gasteiger partial charge in [0.1, 0.15) is 11.9 Å². The van der Waals surface area contributed by atoms with Gasteiger partial charge in [-0.25, -0.2) is 4.79 Å². The van der Waals surface area contributed by atoms with Gasteiger partial charge in [0.25, 0.3) is 0 Å². The zero-order chi connectivity index (χ0) is 35.7. The summed E-state index contributed by atoms with van der Waals surface area (Å²) in [6.07, 6.45) is 8.20. The van der Waals surface area contributed by atoms with Crippen molar-refractivity contribution in [1.29, 1.82) is 0 Å². The second kappa shape index (κ2) is 20.4. The number of carbonyl (C=O) groups excluding carboxylic acids is 3. The highest BCUT2D eigenvalue weighted by molar-refractivity contribution is 5.91. The molecular formula is C41H55N5O5. The van der Waals surface area contributed by atoms with E-state index >= 15 is 0 Å². The molecular weight excluding hydrogens is 642 g/mol. The van der Waals surface area contributed by atoms with Crippen molar-refractivity contribution >= 4 is 23.6 Å². The van der Waals surface area contributed by atoms with E-state index in [1.807, 2.05) is 71.6 Å². The molecule has 3 amide bonds. The number of phenolic OH excluding ortho intramolecular Hbond substituents is 1. The molecule has 2 aliphatic rings. The van der Waals surface area contributed by atoms with Crippen LogP contribution >= 0.6 is 0 Å². The number of aromatic hydroxyl groups is 1. The molecule has 0 aliphatic carbocycles. The number of amides is 3. The molecule has 10 nitrogen and oxygen atoms in total. The number of unbranched alkanes of at least 4 members (excludes halogenated alkanes) is 2. The smallest absolute Gasteiger partial charge is 0.411 e. The van der Waals surface area contributed by atoms with Gasteiger partial charge >= 0.3 is 6.09 Å². The molecule has 5 rings (SSSR count). The zero-order valence-electron chi connectivity index (χ0n) is 29.9. The number of carbonyl (C=O) groups is 3. The third-order valence-electron chi connectivity index (χ3n) is 9.89. The minimum absolute atomic E-state index is 0.0479. The van der Waals surface area contributed by atoms with Crippen molar-refractivity contribution in [1.82, 2.24) is 20.0 Å². The van der Waals surface area contributed by atoms with Crippen molar-refractivity contribution in [3.05, 3.63) is 84.4 Å². The highest BCUT2D eigenvalue weighted by Gasteiger charge is 2.23. The van der Waals surface area contributed by atoms with E-state index in [4.69, 9.17) is 4.74 Å². The highest BCUT2D eigenvalue weighted by Crippen LogP contribution is 2.28. The lowest BCUT2D eigenvalue weighted by Gasteiger charge is -2.31. The zero-order valence-corrected chi connectivity index (χ0v) is 29.9. The maximum absolute atomic E-state index is 13.2. The Morgan fingerprint density at radius 1 is 0.765 bits per heavy atom. The lowest BCUT2D eigenvalue weighted by Crippen LogP contribution is -2.40. The molecule has 2 aliphatic heterocycles. The summed E-state index contributed by atoms with van der Waals surface area (Å²) in [4.78, 5) is 45.1. The first-order valence-electron chi connectivity index (χ1n) is 18.8. The summed E-state index contributed by atoms with van der Waals surface area (Å²) in [5, 5.41) is 15.6. The molecule has 0 spiro atoms. The predicted octanol–water partition coefficient (Wildman–Crippen LogP) is 6.65. The molecule has 51 heavy (non-hydrogen) atoms. The van der Waals surface area contributed by atoms with Crippen LogP contribution in [-0.4, -0.2) is 96.2 Å². The molecule has 0 bridgehead atoms. The van der Waals surface area contributed by atoms with Crippen molar-refractivity contribution < 1.29 is 24.2 Å². The van der Waals surface area contributed by atoms with Crippen LogP contribution in [0.1, 0.15) is 69.8 Å². The van der Waals surface area contributed by atoms with Crippen LogP contribution in [0, 0.1) is 0 Å². The van der Waals surface area contributed by atoms with E-state index in [-0.39, 0.29) is 23.7 Å². The summed E-state index contributed by atoms with van der Waals surface area (Å²) in [5.41, 5.74) is 3.71. The number of nitrogens with one attached hydrogen (secondary N) is 2. The summed E-state index contributed by atoms with van der Waals surface area (Å²) < 4.78 is 5.76. The van der Waals surface area contributed by atoms with Gasteiger partial charge in [-0.3, -0.25) is 14.9 Å². The van der Waals surface area contributed by atoms with E-state index in [0.717, 1.165) is 87.2 Å². The quantitative estimate of drug-likeness (QED) is 0.135. The first-order chi connectivity index (χ1) is 24.9. The van der Waals surface area contributed by atoms with Gasteiger partial charge in [-0.1, -0.05) is 67.1 Å². The fourth-order valence-electron chi connectivity index (χ4n) is 6.89. The van der Waals surface area contributed by atoms with Crippen LogP contribution in [0.3, 0.4) is 0 Å². The van der Waals surface area contributed by atoms with E-state index in [9.17, 15) is 19.5 Å². The van der Waals surface area contributed by atoms with Crippen molar-refractivity contribution in [2.45, 2.75) is 76.9 Å². The minimum Gasteiger partial charge on any atom is -0.508 e. The molecule has 0 unspecified atom stereocenters. The maximum Gasteiger partial charge on any atom is 0.411 e. The number of hydrogen-bond acceptors (Lipinski definition) is 7. The molecule has 3 aromatic rings. The van der Waals surface area contributed by atoms with Gasteiger partial charge in [0.2, 0.25) is 11.8 Å². The number of para-hydroxylation sites is 1. The molecule has 0 radical (unpaired) electrons. The van der Waals surface area contributed by atoms with E-state index < -0.39 is 6.09 Å². The fourth-order valence-corrected chi connectivity index (χ4v) is 6.89. The number of nitrogens with zero attached hydrogens (tertiary/aromatic N) is 3. The number of benzene rings is 3. The topological polar surface area (TPSA) is 114 Å². The highest BCUT2D eigenvalue weighted by atomic mass is 16.6. The van der Waals surface area contributed by atoms with Crippen molar-refractivity contribution in [2.75, 3.05) is 57.7 Å². The first-order valence-corrected chi connectivity index (χ1v) is 18.8. The summed E-state index contributed by atoms with van der Waals surface area (Å²) in [6, 6.07) is 24.7. The Hall–Kier alpha value is -4.41. The van der Waals surface area contributed by atoms with E-state index in [1.165, 1.54) is 19.3 Å². The van der Waals surface area contributed by atoms with Crippen LogP contribution in [0.5, 0.6) is 5.75 Å². The summed E-state index contributed by atoms with van der Waals surface area (Å²) in [6.45, 7) is 7.05. The molecule has 2 heterocycles. The van der Waals surface area contributed by atoms with Crippen LogP contribution in [0.2, 0.25) is 0 Å². The first kappa shape index (κ1) is 37.8. The van der Waals surface area contributed by atoms with Gasteiger partial charge in [0.15, 0.2) is 0 Å². The predicted molar refractivity (Wildman–Crippen MR) is 201 cm³/mol. The molecule has 2 saturated heterocycles. The van der Waals surface area contributed by atoms with Crippen molar-refractivity contribution in [2.24, 2.45) is 0 Å². The lowest BCUT2D eigenvalue weighted by atomic mass is 10.0. The van der Waals surface area contributed by atoms with Gasteiger partial charge in [-0.2, -0.15) is 0 Å². The normalized spacial score (nSPS) is 15.6. The Kier molecular flexibility index (Phi) is 15.2. The number of ether oxygens (including phenoxy) is 1. The number of rotatable bonds is 17. The number of likely N-dealkylation sites (tertiary alicyclic amines) is 2. The molecule has 3 N–H and O–H groups in total. The Bertz CT molecular complexity index is 1500. The van der Waals surface area contributed by atoms with Crippen molar-refractivity contribution in [3.63, 3.8) is 0 Å². The van der Waals surface area contributed by atoms with Crippen LogP contribution in [0.25, 0.3) is 11.1 Å². The molecule has 0 aromatic heterocycles. The average molecular weight is 698 g/mol. The second-order valence-electron chi connectivity index (χ2n) is 13.8. The Balaban J connectivity index is 0.937. The second-order valence-corrected chi connectivity index (χ2v) is 13.8. The third kappa shape index (κ3) is 13.0. The largest absolute Gasteiger partial charge is 0.508 e. The Morgan fingerprint density at radius 2 is 1.45 bits per heavy atom. The maximum atomic E-state index is 13.2. The van der Waals surface area contributed by atoms with Crippen LogP contribution in [0.15, 0.2) is 78.9 Å². The molecule has 10 heteroatoms. The van der Waals surface area contributed by atoms with Crippen molar-refractivity contribution in [3.8, 4) is 16.9 Å². The molecule has 0 saturated carbocycles. The summed E-state index contributed by atoms with van der Waals surface area (Å²) in [5.74, 6) is 0.443. The van der Waals surface area contributed by atoms with Gasteiger partial charge in [0.05, 0.1) is 5.69 Å². The van der Waals surface area contributed by atoms with E-state index in [2.05, 4.69) is 20.4 Å². The standard InChI is InChI=1S/C41H55N5O5/c47-35-18-16-33(17-19-35)32-46(40(49)23-31-44-25-9-3-10-26-44)27-11-2-8-24-42-39(48)22-30-45-28-20-36(21-29-45)51-41(50)43-38-15-7-6-14-37(38)34-12-4-1-5-13-34/h1,4-7,12-19,36,47H,2-3,8-11,20-32H2,(H,42,48)(H,43,50).